The average molecular weight is 258 g/mol. The molecule has 3 atom stereocenters. The molecule has 0 aliphatic carbocycles. The monoisotopic (exact) mass is 258 g/mol. The number of hydrogen-bond acceptors (Lipinski definition) is 0. The Morgan fingerprint density at radius 2 is 1.90 bits per heavy atom. The smallest absolute Gasteiger partial charge is 0.112 e. The minimum Gasteiger partial charge on any atom is -0.246 e. The number of rotatable bonds is 4. The first-order chi connectivity index (χ1) is 4.57. The van der Waals surface area contributed by atoms with Gasteiger partial charge in [-0.25, -0.2) is 4.39 Å². The van der Waals surface area contributed by atoms with E-state index in [4.69, 9.17) is 0 Å². The molecule has 0 fully saturated rings. The molecule has 0 spiro atoms. The summed E-state index contributed by atoms with van der Waals surface area (Å²) in [5.74, 6) is 0.534. The Kier molecular flexibility index (Phi) is 5.68. The molecule has 0 amide bonds. The molecule has 0 aromatic carbocycles. The van der Waals surface area contributed by atoms with Crippen molar-refractivity contribution in [1.82, 2.24) is 0 Å². The summed E-state index contributed by atoms with van der Waals surface area (Å²) in [6, 6.07) is 0. The predicted octanol–water partition coefficient (Wildman–Crippen LogP) is 3.58. The van der Waals surface area contributed by atoms with Gasteiger partial charge in [-0.1, -0.05) is 49.8 Å². The lowest BCUT2D eigenvalue weighted by molar-refractivity contribution is 0.276. The van der Waals surface area contributed by atoms with E-state index in [2.05, 4.69) is 36.4 Å². The lowest BCUT2D eigenvalue weighted by atomic mass is 10.0. The van der Waals surface area contributed by atoms with Crippen LogP contribution in [-0.4, -0.2) is 10.1 Å². The van der Waals surface area contributed by atoms with Gasteiger partial charge in [0.15, 0.2) is 0 Å². The highest BCUT2D eigenvalue weighted by atomic mass is 127. The van der Waals surface area contributed by atoms with Crippen LogP contribution in [0.2, 0.25) is 0 Å². The number of alkyl halides is 2. The summed E-state index contributed by atoms with van der Waals surface area (Å²) in [6.07, 6.45) is 1.19. The summed E-state index contributed by atoms with van der Waals surface area (Å²) < 4.78 is 13.1. The summed E-state index contributed by atoms with van der Waals surface area (Å²) in [4.78, 5) is 0. The number of hydrogen-bond donors (Lipinski definition) is 0. The second-order valence-corrected chi connectivity index (χ2v) is 4.91. The van der Waals surface area contributed by atoms with Crippen LogP contribution in [0.3, 0.4) is 0 Å². The minimum absolute atomic E-state index is 0.159. The number of halogens is 2. The molecule has 0 aromatic heterocycles. The fourth-order valence-corrected chi connectivity index (χ4v) is 1.03. The first kappa shape index (κ1) is 10.7. The molecule has 0 nitrogen and oxygen atoms in total. The van der Waals surface area contributed by atoms with Crippen molar-refractivity contribution in [3.05, 3.63) is 0 Å². The van der Waals surface area contributed by atoms with Crippen LogP contribution in [0.25, 0.3) is 0 Å². The Morgan fingerprint density at radius 3 is 2.20 bits per heavy atom. The third-order valence-electron chi connectivity index (χ3n) is 1.82. The molecule has 0 N–H and O–H groups in total. The third kappa shape index (κ3) is 4.47. The lowest BCUT2D eigenvalue weighted by Gasteiger charge is -2.14. The molecule has 0 aliphatic rings. The SMILES string of the molecule is CCC(C)CC(F)C(C)I. The molecular formula is C8H16FI. The van der Waals surface area contributed by atoms with E-state index in [0.717, 1.165) is 12.8 Å². The molecule has 0 heterocycles. The van der Waals surface area contributed by atoms with Crippen LogP contribution in [0.1, 0.15) is 33.6 Å². The van der Waals surface area contributed by atoms with Crippen molar-refractivity contribution in [3.63, 3.8) is 0 Å². The molecule has 0 aliphatic heterocycles. The van der Waals surface area contributed by atoms with E-state index in [0.29, 0.717) is 5.92 Å². The summed E-state index contributed by atoms with van der Waals surface area (Å²) in [7, 11) is 0. The van der Waals surface area contributed by atoms with Crippen molar-refractivity contribution in [1.29, 1.82) is 0 Å². The summed E-state index contributed by atoms with van der Waals surface area (Å²) in [6.45, 7) is 6.13. The van der Waals surface area contributed by atoms with Gasteiger partial charge in [0.1, 0.15) is 6.17 Å². The van der Waals surface area contributed by atoms with Crippen LogP contribution in [0.5, 0.6) is 0 Å². The van der Waals surface area contributed by atoms with Gasteiger partial charge in [-0.3, -0.25) is 0 Å². The van der Waals surface area contributed by atoms with Crippen molar-refractivity contribution in [3.8, 4) is 0 Å². The lowest BCUT2D eigenvalue weighted by Crippen LogP contribution is -2.14. The van der Waals surface area contributed by atoms with Crippen LogP contribution in [0, 0.1) is 5.92 Å². The van der Waals surface area contributed by atoms with Gasteiger partial charge >= 0.3 is 0 Å². The van der Waals surface area contributed by atoms with Gasteiger partial charge in [-0.15, -0.1) is 0 Å². The molecule has 0 saturated carbocycles. The standard InChI is InChI=1S/C8H16FI/c1-4-6(2)5-8(9)7(3)10/h6-8H,4-5H2,1-3H3. The average Bonchev–Trinajstić information content (AvgIpc) is 1.87. The largest absolute Gasteiger partial charge is 0.246 e. The molecule has 0 saturated heterocycles. The van der Waals surface area contributed by atoms with Crippen LogP contribution >= 0.6 is 22.6 Å². The van der Waals surface area contributed by atoms with Gasteiger partial charge in [0, 0.05) is 3.92 Å². The third-order valence-corrected chi connectivity index (χ3v) is 2.60. The van der Waals surface area contributed by atoms with Gasteiger partial charge in [0.25, 0.3) is 0 Å². The molecule has 3 unspecified atom stereocenters. The van der Waals surface area contributed by atoms with E-state index in [-0.39, 0.29) is 3.92 Å². The second kappa shape index (κ2) is 5.33. The maximum absolute atomic E-state index is 13.0. The predicted molar refractivity (Wildman–Crippen MR) is 52.5 cm³/mol. The van der Waals surface area contributed by atoms with Crippen molar-refractivity contribution in [2.45, 2.75) is 43.7 Å². The zero-order valence-electron chi connectivity index (χ0n) is 6.90. The van der Waals surface area contributed by atoms with E-state index in [9.17, 15) is 4.39 Å². The summed E-state index contributed by atoms with van der Waals surface area (Å²) in [5, 5.41) is 0. The van der Waals surface area contributed by atoms with Crippen molar-refractivity contribution in [2.24, 2.45) is 5.92 Å². The first-order valence-corrected chi connectivity index (χ1v) is 5.10. The first-order valence-electron chi connectivity index (χ1n) is 3.86. The highest BCUT2D eigenvalue weighted by molar-refractivity contribution is 14.1. The highest BCUT2D eigenvalue weighted by Crippen LogP contribution is 2.19. The Hall–Kier alpha value is 0.660. The van der Waals surface area contributed by atoms with E-state index < -0.39 is 6.17 Å². The highest BCUT2D eigenvalue weighted by Gasteiger charge is 2.15. The van der Waals surface area contributed by atoms with E-state index in [1.54, 1.807) is 0 Å². The Morgan fingerprint density at radius 1 is 1.40 bits per heavy atom. The van der Waals surface area contributed by atoms with Gasteiger partial charge in [-0.05, 0) is 12.3 Å². The van der Waals surface area contributed by atoms with Crippen LogP contribution < -0.4 is 0 Å². The van der Waals surface area contributed by atoms with Crippen LogP contribution in [0.15, 0.2) is 0 Å². The van der Waals surface area contributed by atoms with Gasteiger partial charge < -0.3 is 0 Å². The molecule has 2 heteroatoms. The molecule has 0 aromatic rings. The van der Waals surface area contributed by atoms with Crippen molar-refractivity contribution < 1.29 is 4.39 Å². The van der Waals surface area contributed by atoms with E-state index >= 15 is 0 Å². The quantitative estimate of drug-likeness (QED) is 0.534. The molecule has 0 bridgehead atoms. The summed E-state index contributed by atoms with van der Waals surface area (Å²) >= 11 is 2.14. The minimum atomic E-state index is -0.615. The van der Waals surface area contributed by atoms with Crippen LogP contribution in [0.4, 0.5) is 4.39 Å². The molecular weight excluding hydrogens is 242 g/mol. The van der Waals surface area contributed by atoms with E-state index in [1.165, 1.54) is 0 Å². The zero-order valence-corrected chi connectivity index (χ0v) is 9.06. The van der Waals surface area contributed by atoms with Crippen molar-refractivity contribution in [2.75, 3.05) is 0 Å². The zero-order chi connectivity index (χ0) is 8.15. The molecule has 62 valence electrons. The molecule has 0 radical (unpaired) electrons. The van der Waals surface area contributed by atoms with Gasteiger partial charge in [-0.2, -0.15) is 0 Å². The topological polar surface area (TPSA) is 0 Å². The Bertz CT molecular complexity index is 83.3. The van der Waals surface area contributed by atoms with E-state index in [1.807, 2.05) is 6.92 Å². The van der Waals surface area contributed by atoms with Gasteiger partial charge in [0.2, 0.25) is 0 Å². The molecule has 0 rings (SSSR count). The normalized spacial score (nSPS) is 20.1. The summed E-state index contributed by atoms with van der Waals surface area (Å²) in [5.41, 5.74) is 0. The van der Waals surface area contributed by atoms with Gasteiger partial charge in [0.05, 0.1) is 0 Å². The van der Waals surface area contributed by atoms with Crippen LogP contribution in [-0.2, 0) is 0 Å². The fraction of sp³-hybridized carbons (Fsp3) is 1.00. The second-order valence-electron chi connectivity index (χ2n) is 2.94. The fourth-order valence-electron chi connectivity index (χ4n) is 0.739. The Labute approximate surface area is 76.7 Å². The maximum atomic E-state index is 13.0. The molecule has 10 heavy (non-hydrogen) atoms. The Balaban J connectivity index is 3.46. The van der Waals surface area contributed by atoms with Crippen molar-refractivity contribution >= 4 is 22.6 Å². The maximum Gasteiger partial charge on any atom is 0.112 e.